The molecule has 0 amide bonds. The average Bonchev–Trinajstić information content (AvgIpc) is 2.99. The molecule has 1 saturated heterocycles. The van der Waals surface area contributed by atoms with Gasteiger partial charge in [-0.15, -0.1) is 0 Å². The predicted octanol–water partition coefficient (Wildman–Crippen LogP) is 2.09. The van der Waals surface area contributed by atoms with Crippen LogP contribution in [0.3, 0.4) is 0 Å². The molecule has 1 fully saturated rings. The summed E-state index contributed by atoms with van der Waals surface area (Å²) in [5.74, 6) is 0.337. The number of hydrogen-bond acceptors (Lipinski definition) is 5. The van der Waals surface area contributed by atoms with Crippen LogP contribution in [0.25, 0.3) is 22.4 Å². The summed E-state index contributed by atoms with van der Waals surface area (Å²) in [6.45, 7) is 1.62. The Morgan fingerprint density at radius 2 is 2.17 bits per heavy atom. The first kappa shape index (κ1) is 14.1. The Kier molecular flexibility index (Phi) is 3.42. The fourth-order valence-corrected chi connectivity index (χ4v) is 3.03. The number of nitrogens with two attached hydrogens (primary N) is 1. The monoisotopic (exact) mass is 312 g/mol. The third kappa shape index (κ3) is 2.53. The Morgan fingerprint density at radius 1 is 1.26 bits per heavy atom. The number of aromatic amines is 1. The first-order chi connectivity index (χ1) is 11.2. The lowest BCUT2D eigenvalue weighted by Crippen LogP contribution is -2.43. The fourth-order valence-electron chi connectivity index (χ4n) is 3.03. The summed E-state index contributed by atoms with van der Waals surface area (Å²) in [4.78, 5) is 10.8. The van der Waals surface area contributed by atoms with E-state index < -0.39 is 5.82 Å². The highest BCUT2D eigenvalue weighted by Crippen LogP contribution is 2.28. The number of nitrogens with one attached hydrogen (secondary N) is 1. The van der Waals surface area contributed by atoms with Crippen LogP contribution in [-0.2, 0) is 0 Å². The predicted molar refractivity (Wildman–Crippen MR) is 86.5 cm³/mol. The number of piperidine rings is 1. The van der Waals surface area contributed by atoms with Crippen LogP contribution >= 0.6 is 0 Å². The van der Waals surface area contributed by atoms with Crippen molar-refractivity contribution in [1.82, 2.24) is 20.2 Å². The zero-order chi connectivity index (χ0) is 15.8. The van der Waals surface area contributed by atoms with E-state index in [0.29, 0.717) is 11.3 Å². The van der Waals surface area contributed by atoms with Gasteiger partial charge in [-0.3, -0.25) is 5.10 Å². The minimum absolute atomic E-state index is 0.134. The second kappa shape index (κ2) is 5.58. The number of nitrogens with zero attached hydrogens (tertiary/aromatic N) is 4. The molecule has 6 nitrogen and oxygen atoms in total. The van der Waals surface area contributed by atoms with Crippen LogP contribution < -0.4 is 10.6 Å². The van der Waals surface area contributed by atoms with Gasteiger partial charge in [0.15, 0.2) is 11.5 Å². The van der Waals surface area contributed by atoms with Gasteiger partial charge in [0, 0.05) is 30.7 Å². The van der Waals surface area contributed by atoms with Gasteiger partial charge in [-0.25, -0.2) is 14.4 Å². The third-order valence-electron chi connectivity index (χ3n) is 4.17. The van der Waals surface area contributed by atoms with Gasteiger partial charge in [-0.2, -0.15) is 5.10 Å². The van der Waals surface area contributed by atoms with Crippen molar-refractivity contribution in [3.8, 4) is 11.4 Å². The summed E-state index contributed by atoms with van der Waals surface area (Å²) < 4.78 is 14.3. The maximum absolute atomic E-state index is 14.3. The fraction of sp³-hybridized carbons (Fsp3) is 0.312. The largest absolute Gasteiger partial charge is 0.355 e. The molecule has 4 rings (SSSR count). The highest BCUT2D eigenvalue weighted by Gasteiger charge is 2.21. The summed E-state index contributed by atoms with van der Waals surface area (Å²) in [6, 6.07) is 6.92. The van der Waals surface area contributed by atoms with Gasteiger partial charge in [-0.05, 0) is 37.1 Å². The SMILES string of the molecule is NC1CCCN(c2ccc(F)c(-c3n[nH]c4ncccc34)n2)C1. The summed E-state index contributed by atoms with van der Waals surface area (Å²) in [5, 5.41) is 7.77. The topological polar surface area (TPSA) is 83.7 Å². The van der Waals surface area contributed by atoms with E-state index in [9.17, 15) is 4.39 Å². The van der Waals surface area contributed by atoms with Crippen molar-refractivity contribution in [2.75, 3.05) is 18.0 Å². The van der Waals surface area contributed by atoms with Gasteiger partial charge in [0.25, 0.3) is 0 Å². The number of halogens is 1. The van der Waals surface area contributed by atoms with Gasteiger partial charge in [0.05, 0.1) is 0 Å². The number of rotatable bonds is 2. The molecule has 118 valence electrons. The van der Waals surface area contributed by atoms with E-state index in [0.717, 1.165) is 37.1 Å². The zero-order valence-corrected chi connectivity index (χ0v) is 12.5. The molecule has 0 spiro atoms. The first-order valence-electron chi connectivity index (χ1n) is 7.69. The van der Waals surface area contributed by atoms with E-state index in [1.54, 1.807) is 18.3 Å². The van der Waals surface area contributed by atoms with Crippen LogP contribution in [0.2, 0.25) is 0 Å². The minimum atomic E-state index is -0.396. The Labute approximate surface area is 132 Å². The van der Waals surface area contributed by atoms with Crippen molar-refractivity contribution >= 4 is 16.9 Å². The number of fused-ring (bicyclic) bond motifs is 1. The molecule has 0 radical (unpaired) electrons. The number of aromatic nitrogens is 4. The number of pyridine rings is 2. The summed E-state index contributed by atoms with van der Waals surface area (Å²) >= 11 is 0. The number of anilines is 1. The van der Waals surface area contributed by atoms with Gasteiger partial charge in [-0.1, -0.05) is 0 Å². The highest BCUT2D eigenvalue weighted by atomic mass is 19.1. The molecule has 0 saturated carbocycles. The summed E-state index contributed by atoms with van der Waals surface area (Å²) in [5.41, 5.74) is 7.37. The van der Waals surface area contributed by atoms with Crippen LogP contribution in [0.5, 0.6) is 0 Å². The Hall–Kier alpha value is -2.54. The van der Waals surface area contributed by atoms with E-state index >= 15 is 0 Å². The van der Waals surface area contributed by atoms with Crippen LogP contribution in [0, 0.1) is 5.82 Å². The van der Waals surface area contributed by atoms with E-state index in [-0.39, 0.29) is 11.7 Å². The minimum Gasteiger partial charge on any atom is -0.355 e. The zero-order valence-electron chi connectivity index (χ0n) is 12.5. The van der Waals surface area contributed by atoms with E-state index in [1.807, 2.05) is 6.07 Å². The Balaban J connectivity index is 1.78. The van der Waals surface area contributed by atoms with Crippen molar-refractivity contribution in [2.24, 2.45) is 5.73 Å². The van der Waals surface area contributed by atoms with Crippen molar-refractivity contribution in [2.45, 2.75) is 18.9 Å². The molecule has 1 aliphatic rings. The first-order valence-corrected chi connectivity index (χ1v) is 7.69. The maximum Gasteiger partial charge on any atom is 0.155 e. The maximum atomic E-state index is 14.3. The molecule has 4 heterocycles. The lowest BCUT2D eigenvalue weighted by molar-refractivity contribution is 0.502. The normalized spacial score (nSPS) is 18.5. The summed E-state index contributed by atoms with van der Waals surface area (Å²) in [7, 11) is 0. The number of hydrogen-bond donors (Lipinski definition) is 2. The molecular formula is C16H17FN6. The molecule has 0 aromatic carbocycles. The van der Waals surface area contributed by atoms with Crippen LogP contribution in [0.1, 0.15) is 12.8 Å². The van der Waals surface area contributed by atoms with Gasteiger partial charge >= 0.3 is 0 Å². The molecule has 1 aliphatic heterocycles. The Bertz CT molecular complexity index is 845. The molecule has 7 heteroatoms. The highest BCUT2D eigenvalue weighted by molar-refractivity contribution is 5.89. The van der Waals surface area contributed by atoms with Crippen LogP contribution in [-0.4, -0.2) is 39.3 Å². The van der Waals surface area contributed by atoms with Gasteiger partial charge < -0.3 is 10.6 Å². The summed E-state index contributed by atoms with van der Waals surface area (Å²) in [6.07, 6.45) is 3.70. The molecule has 3 aromatic rings. The standard InChI is InChI=1S/C16H17FN6/c17-12-5-6-13(23-8-2-3-10(18)9-23)20-15(12)14-11-4-1-7-19-16(11)22-21-14/h1,4-7,10H,2-3,8-9,18H2,(H,19,21,22). The van der Waals surface area contributed by atoms with Gasteiger partial charge in [0.2, 0.25) is 0 Å². The van der Waals surface area contributed by atoms with Crippen molar-refractivity contribution in [3.63, 3.8) is 0 Å². The molecule has 23 heavy (non-hydrogen) atoms. The quantitative estimate of drug-likeness (QED) is 0.757. The van der Waals surface area contributed by atoms with Crippen molar-refractivity contribution in [1.29, 1.82) is 0 Å². The molecule has 3 N–H and O–H groups in total. The molecule has 3 aromatic heterocycles. The van der Waals surface area contributed by atoms with Crippen molar-refractivity contribution in [3.05, 3.63) is 36.3 Å². The third-order valence-corrected chi connectivity index (χ3v) is 4.17. The molecule has 0 aliphatic carbocycles. The van der Waals surface area contributed by atoms with Crippen LogP contribution in [0.15, 0.2) is 30.5 Å². The van der Waals surface area contributed by atoms with Crippen molar-refractivity contribution < 1.29 is 4.39 Å². The molecular weight excluding hydrogens is 295 g/mol. The molecule has 0 bridgehead atoms. The Morgan fingerprint density at radius 3 is 3.04 bits per heavy atom. The van der Waals surface area contributed by atoms with Crippen LogP contribution in [0.4, 0.5) is 10.2 Å². The van der Waals surface area contributed by atoms with E-state index in [2.05, 4.69) is 25.1 Å². The van der Waals surface area contributed by atoms with E-state index in [4.69, 9.17) is 5.73 Å². The second-order valence-corrected chi connectivity index (χ2v) is 5.82. The molecule has 1 unspecified atom stereocenters. The lowest BCUT2D eigenvalue weighted by Gasteiger charge is -2.31. The van der Waals surface area contributed by atoms with E-state index in [1.165, 1.54) is 6.07 Å². The number of H-pyrrole nitrogens is 1. The second-order valence-electron chi connectivity index (χ2n) is 5.82. The lowest BCUT2D eigenvalue weighted by atomic mass is 10.1. The van der Waals surface area contributed by atoms with Gasteiger partial charge in [0.1, 0.15) is 17.2 Å². The smallest absolute Gasteiger partial charge is 0.155 e. The average molecular weight is 312 g/mol. The molecule has 1 atom stereocenters.